The Balaban J connectivity index is 1.18. The van der Waals surface area contributed by atoms with Crippen LogP contribution >= 0.6 is 0 Å². The van der Waals surface area contributed by atoms with Crippen molar-refractivity contribution in [2.75, 3.05) is 36.0 Å². The first-order valence-corrected chi connectivity index (χ1v) is 15.0. The average Bonchev–Trinajstić information content (AvgIpc) is 3.18. The van der Waals surface area contributed by atoms with Crippen molar-refractivity contribution in [3.8, 4) is 0 Å². The maximum Gasteiger partial charge on any atom is 0.293 e. The molecule has 2 aromatic rings. The van der Waals surface area contributed by atoms with E-state index in [1.54, 1.807) is 0 Å². The summed E-state index contributed by atoms with van der Waals surface area (Å²) >= 11 is 0. The summed E-state index contributed by atoms with van der Waals surface area (Å²) in [4.78, 5) is 21.4. The number of aliphatic imine (C=N–C) groups is 2. The predicted molar refractivity (Wildman–Crippen MR) is 168 cm³/mol. The van der Waals surface area contributed by atoms with Crippen LogP contribution in [-0.4, -0.2) is 37.6 Å². The second kappa shape index (κ2) is 10.9. The van der Waals surface area contributed by atoms with E-state index < -0.39 is 0 Å². The van der Waals surface area contributed by atoms with Crippen molar-refractivity contribution in [3.05, 3.63) is 104 Å². The molecule has 5 aliphatic rings. The summed E-state index contributed by atoms with van der Waals surface area (Å²) < 4.78 is 0. The summed E-state index contributed by atoms with van der Waals surface area (Å²) in [6.07, 6.45) is 18.1. The Kier molecular flexibility index (Phi) is 6.77. The highest BCUT2D eigenvalue weighted by molar-refractivity contribution is 6.16. The topological polar surface area (TPSA) is 39.9 Å². The SMILES string of the molecule is [C-]#[N+]C1=C([N+]#[C-])N=C(C=Cc2cc3c4c(c2)CCCN4CCC3)CC(C=Cc2cc3c4c(c2)CCCN4CCC3)=N1. The molecule has 6 heteroatoms. The lowest BCUT2D eigenvalue weighted by molar-refractivity contribution is 0.634. The van der Waals surface area contributed by atoms with Gasteiger partial charge in [-0.2, -0.15) is 0 Å². The maximum atomic E-state index is 7.65. The maximum absolute atomic E-state index is 7.65. The monoisotopic (exact) mass is 538 g/mol. The predicted octanol–water partition coefficient (Wildman–Crippen LogP) is 7.06. The molecule has 0 N–H and O–H groups in total. The second-order valence-corrected chi connectivity index (χ2v) is 11.7. The summed E-state index contributed by atoms with van der Waals surface area (Å²) in [5, 5.41) is 0. The van der Waals surface area contributed by atoms with Crippen LogP contribution in [0.5, 0.6) is 0 Å². The van der Waals surface area contributed by atoms with Crippen LogP contribution in [-0.2, 0) is 25.7 Å². The van der Waals surface area contributed by atoms with E-state index in [-0.39, 0.29) is 11.6 Å². The van der Waals surface area contributed by atoms with Crippen molar-refractivity contribution < 1.29 is 0 Å². The molecule has 5 heterocycles. The second-order valence-electron chi connectivity index (χ2n) is 11.7. The lowest BCUT2D eigenvalue weighted by atomic mass is 9.90. The van der Waals surface area contributed by atoms with Gasteiger partial charge in [-0.05, 0) is 121 Å². The fourth-order valence-electron chi connectivity index (χ4n) is 7.22. The minimum Gasteiger partial charge on any atom is -0.371 e. The van der Waals surface area contributed by atoms with Gasteiger partial charge in [0.1, 0.15) is 11.4 Å². The molecule has 6 nitrogen and oxygen atoms in total. The molecule has 0 unspecified atom stereocenters. The van der Waals surface area contributed by atoms with Crippen LogP contribution in [0.25, 0.3) is 21.8 Å². The lowest BCUT2D eigenvalue weighted by Gasteiger charge is -2.37. The summed E-state index contributed by atoms with van der Waals surface area (Å²) in [5.41, 5.74) is 12.6. The standard InChI is InChI=1S/C35H34N6/c1-36-34-35(37-2)39-31(14-12-25-21-28-9-5-17-41-18-6-10-29(22-25)33(28)41)23-30(38-34)13-11-24-19-26-7-3-15-40-16-4-8-27(20-24)32(26)40/h11-14,19-22H,3-10,15-18,23H2. The number of anilines is 2. The van der Waals surface area contributed by atoms with Gasteiger partial charge in [-0.15, -0.1) is 9.98 Å². The Hall–Kier alpha value is -4.42. The van der Waals surface area contributed by atoms with Gasteiger partial charge in [-0.1, -0.05) is 25.3 Å². The third-order valence-corrected chi connectivity index (χ3v) is 8.92. The third-order valence-electron chi connectivity index (χ3n) is 8.92. The molecule has 0 radical (unpaired) electrons. The fourth-order valence-corrected chi connectivity index (χ4v) is 7.22. The van der Waals surface area contributed by atoms with Crippen LogP contribution in [0.1, 0.15) is 65.5 Å². The van der Waals surface area contributed by atoms with Gasteiger partial charge >= 0.3 is 0 Å². The summed E-state index contributed by atoms with van der Waals surface area (Å²) in [6.45, 7) is 20.0. The van der Waals surface area contributed by atoms with Crippen molar-refractivity contribution in [3.63, 3.8) is 0 Å². The van der Waals surface area contributed by atoms with Crippen LogP contribution in [0, 0.1) is 13.1 Å². The molecule has 2 aromatic carbocycles. The Morgan fingerprint density at radius 1 is 0.561 bits per heavy atom. The van der Waals surface area contributed by atoms with E-state index in [0.717, 1.165) is 37.1 Å². The highest BCUT2D eigenvalue weighted by atomic mass is 15.1. The molecular formula is C35H34N6. The van der Waals surface area contributed by atoms with Gasteiger partial charge in [0.05, 0.1) is 6.42 Å². The third kappa shape index (κ3) is 5.00. The first kappa shape index (κ1) is 25.5. The number of benzene rings is 2. The van der Waals surface area contributed by atoms with E-state index in [0.29, 0.717) is 6.42 Å². The quantitative estimate of drug-likeness (QED) is 0.391. The molecule has 0 saturated carbocycles. The summed E-state index contributed by atoms with van der Waals surface area (Å²) in [6, 6.07) is 9.27. The van der Waals surface area contributed by atoms with Gasteiger partial charge < -0.3 is 19.5 Å². The molecule has 0 amide bonds. The van der Waals surface area contributed by atoms with Crippen molar-refractivity contribution in [2.45, 2.75) is 57.8 Å². The molecule has 204 valence electrons. The zero-order valence-electron chi connectivity index (χ0n) is 23.5. The molecule has 41 heavy (non-hydrogen) atoms. The summed E-state index contributed by atoms with van der Waals surface area (Å²) in [5.74, 6) is 0.134. The molecule has 0 bridgehead atoms. The van der Waals surface area contributed by atoms with Crippen molar-refractivity contribution in [1.82, 2.24) is 0 Å². The molecule has 0 fully saturated rings. The number of nitrogens with zero attached hydrogens (tertiary/aromatic N) is 6. The Morgan fingerprint density at radius 2 is 0.927 bits per heavy atom. The average molecular weight is 539 g/mol. The number of rotatable bonds is 4. The molecule has 0 saturated heterocycles. The van der Waals surface area contributed by atoms with Crippen LogP contribution in [0.3, 0.4) is 0 Å². The van der Waals surface area contributed by atoms with Crippen molar-refractivity contribution in [2.24, 2.45) is 9.98 Å². The van der Waals surface area contributed by atoms with Gasteiger partial charge in [0, 0.05) is 37.6 Å². The Labute approximate surface area is 242 Å². The molecule has 0 atom stereocenters. The van der Waals surface area contributed by atoms with E-state index in [2.05, 4.69) is 65.9 Å². The van der Waals surface area contributed by atoms with Gasteiger partial charge in [0.25, 0.3) is 11.6 Å². The van der Waals surface area contributed by atoms with E-state index in [1.165, 1.54) is 96.6 Å². The van der Waals surface area contributed by atoms with Crippen molar-refractivity contribution >= 4 is 35.0 Å². The minimum absolute atomic E-state index is 0.0672. The van der Waals surface area contributed by atoms with Crippen LogP contribution in [0.2, 0.25) is 0 Å². The molecule has 0 aromatic heterocycles. The minimum atomic E-state index is 0.0672. The molecular weight excluding hydrogens is 504 g/mol. The largest absolute Gasteiger partial charge is 0.371 e. The Morgan fingerprint density at radius 3 is 1.27 bits per heavy atom. The van der Waals surface area contributed by atoms with Gasteiger partial charge in [-0.3, -0.25) is 0 Å². The number of aryl methyl sites for hydroxylation is 4. The highest BCUT2D eigenvalue weighted by Gasteiger charge is 2.25. The fraction of sp³-hybridized carbons (Fsp3) is 0.371. The van der Waals surface area contributed by atoms with E-state index in [4.69, 9.17) is 13.1 Å². The van der Waals surface area contributed by atoms with Gasteiger partial charge in [0.2, 0.25) is 0 Å². The summed E-state index contributed by atoms with van der Waals surface area (Å²) in [7, 11) is 0. The number of allylic oxidation sites excluding steroid dienone is 2. The first-order chi connectivity index (χ1) is 20.2. The van der Waals surface area contributed by atoms with E-state index in [9.17, 15) is 0 Å². The number of hydrogen-bond acceptors (Lipinski definition) is 4. The number of hydrogen-bond donors (Lipinski definition) is 0. The first-order valence-electron chi connectivity index (χ1n) is 15.0. The van der Waals surface area contributed by atoms with Gasteiger partial charge in [-0.25, -0.2) is 0 Å². The smallest absolute Gasteiger partial charge is 0.293 e. The highest BCUT2D eigenvalue weighted by Crippen LogP contribution is 2.37. The molecule has 5 aliphatic heterocycles. The van der Waals surface area contributed by atoms with E-state index in [1.807, 2.05) is 12.2 Å². The molecule has 0 aliphatic carbocycles. The van der Waals surface area contributed by atoms with Gasteiger partial charge in [0.15, 0.2) is 0 Å². The normalized spacial score (nSPS) is 19.8. The van der Waals surface area contributed by atoms with Crippen LogP contribution < -0.4 is 9.80 Å². The Bertz CT molecular complexity index is 1470. The van der Waals surface area contributed by atoms with Crippen LogP contribution in [0.15, 0.2) is 58.0 Å². The van der Waals surface area contributed by atoms with Crippen LogP contribution in [0.4, 0.5) is 11.4 Å². The zero-order chi connectivity index (χ0) is 27.8. The molecule has 7 rings (SSSR count). The molecule has 0 spiro atoms. The van der Waals surface area contributed by atoms with Crippen molar-refractivity contribution in [1.29, 1.82) is 0 Å². The van der Waals surface area contributed by atoms with E-state index >= 15 is 0 Å². The lowest BCUT2D eigenvalue weighted by Crippen LogP contribution is -2.34. The zero-order valence-corrected chi connectivity index (χ0v) is 23.5.